The van der Waals surface area contributed by atoms with Gasteiger partial charge in [0.15, 0.2) is 5.82 Å². The minimum Gasteiger partial charge on any atom is -0.316 e. The van der Waals surface area contributed by atoms with Crippen molar-refractivity contribution in [3.63, 3.8) is 0 Å². The van der Waals surface area contributed by atoms with Gasteiger partial charge < -0.3 is 5.32 Å². The highest BCUT2D eigenvalue weighted by Gasteiger charge is 2.20. The molecule has 0 aliphatic rings. The summed E-state index contributed by atoms with van der Waals surface area (Å²) in [5.41, 5.74) is 0.165. The zero-order valence-corrected chi connectivity index (χ0v) is 11.0. The maximum atomic E-state index is 4.21. The van der Waals surface area contributed by atoms with Crippen LogP contribution in [0.15, 0.2) is 0 Å². The molecule has 5 nitrogen and oxygen atoms in total. The first-order valence-corrected chi connectivity index (χ1v) is 5.83. The van der Waals surface area contributed by atoms with Crippen molar-refractivity contribution in [1.82, 2.24) is 25.5 Å². The standard InChI is InChI=1S/C11H23N5/c1-9(2)7-12-8-11(3,4)6-10-13-15-16(5)14-10/h9,12H,6-8H2,1-5H3. The molecule has 92 valence electrons. The van der Waals surface area contributed by atoms with E-state index < -0.39 is 0 Å². The Morgan fingerprint density at radius 3 is 2.56 bits per heavy atom. The number of hydrogen-bond acceptors (Lipinski definition) is 4. The van der Waals surface area contributed by atoms with E-state index >= 15 is 0 Å². The molecule has 0 aliphatic carbocycles. The van der Waals surface area contributed by atoms with Gasteiger partial charge in [-0.05, 0) is 23.1 Å². The van der Waals surface area contributed by atoms with Crippen LogP contribution < -0.4 is 5.32 Å². The van der Waals surface area contributed by atoms with Crippen LogP contribution in [-0.4, -0.2) is 33.3 Å². The maximum Gasteiger partial charge on any atom is 0.175 e. The van der Waals surface area contributed by atoms with Crippen molar-refractivity contribution >= 4 is 0 Å². The van der Waals surface area contributed by atoms with E-state index in [-0.39, 0.29) is 5.41 Å². The van der Waals surface area contributed by atoms with Crippen LogP contribution >= 0.6 is 0 Å². The number of nitrogens with zero attached hydrogens (tertiary/aromatic N) is 4. The predicted octanol–water partition coefficient (Wildman–Crippen LogP) is 1.02. The molecule has 0 saturated heterocycles. The van der Waals surface area contributed by atoms with Gasteiger partial charge in [0.25, 0.3) is 0 Å². The van der Waals surface area contributed by atoms with Crippen molar-refractivity contribution in [1.29, 1.82) is 0 Å². The Hall–Kier alpha value is -0.970. The molecule has 1 aromatic heterocycles. The van der Waals surface area contributed by atoms with Crippen molar-refractivity contribution in [2.75, 3.05) is 13.1 Å². The zero-order chi connectivity index (χ0) is 12.2. The third kappa shape index (κ3) is 4.70. The Morgan fingerprint density at radius 1 is 1.38 bits per heavy atom. The molecule has 0 atom stereocenters. The molecule has 0 aliphatic heterocycles. The second kappa shape index (κ2) is 5.39. The fourth-order valence-electron chi connectivity index (χ4n) is 1.58. The lowest BCUT2D eigenvalue weighted by Crippen LogP contribution is -2.33. The Balaban J connectivity index is 2.39. The third-order valence-corrected chi connectivity index (χ3v) is 2.34. The molecule has 5 heteroatoms. The van der Waals surface area contributed by atoms with Crippen LogP contribution in [-0.2, 0) is 13.5 Å². The Kier molecular flexibility index (Phi) is 4.41. The fourth-order valence-corrected chi connectivity index (χ4v) is 1.58. The van der Waals surface area contributed by atoms with Gasteiger partial charge in [0.2, 0.25) is 0 Å². The molecule has 0 amide bonds. The SMILES string of the molecule is CC(C)CNCC(C)(C)Cc1nnn(C)n1. The summed E-state index contributed by atoms with van der Waals surface area (Å²) in [6.07, 6.45) is 0.853. The van der Waals surface area contributed by atoms with Gasteiger partial charge in [0.05, 0.1) is 7.05 Å². The quantitative estimate of drug-likeness (QED) is 0.785. The number of tetrazole rings is 1. The number of aromatic nitrogens is 4. The van der Waals surface area contributed by atoms with Crippen molar-refractivity contribution in [3.05, 3.63) is 5.82 Å². The second-order valence-electron chi connectivity index (χ2n) is 5.56. The van der Waals surface area contributed by atoms with Crippen LogP contribution in [0.4, 0.5) is 0 Å². The van der Waals surface area contributed by atoms with Crippen molar-refractivity contribution in [3.8, 4) is 0 Å². The van der Waals surface area contributed by atoms with Gasteiger partial charge >= 0.3 is 0 Å². The molecule has 1 heterocycles. The van der Waals surface area contributed by atoms with E-state index in [0.717, 1.165) is 25.3 Å². The third-order valence-electron chi connectivity index (χ3n) is 2.34. The molecule has 0 saturated carbocycles. The molecule has 0 aromatic carbocycles. The summed E-state index contributed by atoms with van der Waals surface area (Å²) >= 11 is 0. The van der Waals surface area contributed by atoms with Crippen LogP contribution in [0.2, 0.25) is 0 Å². The minimum atomic E-state index is 0.165. The minimum absolute atomic E-state index is 0.165. The first kappa shape index (κ1) is 13.1. The van der Waals surface area contributed by atoms with Gasteiger partial charge in [0, 0.05) is 13.0 Å². The molecule has 0 radical (unpaired) electrons. The highest BCUT2D eigenvalue weighted by Crippen LogP contribution is 2.18. The van der Waals surface area contributed by atoms with E-state index in [0.29, 0.717) is 5.92 Å². The van der Waals surface area contributed by atoms with Gasteiger partial charge in [-0.15, -0.1) is 10.2 Å². The predicted molar refractivity (Wildman–Crippen MR) is 64.0 cm³/mol. The number of aryl methyl sites for hydroxylation is 1. The lowest BCUT2D eigenvalue weighted by Gasteiger charge is -2.23. The average Bonchev–Trinajstić information content (AvgIpc) is 2.48. The fraction of sp³-hybridized carbons (Fsp3) is 0.909. The van der Waals surface area contributed by atoms with E-state index in [9.17, 15) is 0 Å². The van der Waals surface area contributed by atoms with E-state index in [1.807, 2.05) is 0 Å². The summed E-state index contributed by atoms with van der Waals surface area (Å²) in [5.74, 6) is 1.50. The molecule has 16 heavy (non-hydrogen) atoms. The molecule has 1 N–H and O–H groups in total. The smallest absolute Gasteiger partial charge is 0.175 e. The van der Waals surface area contributed by atoms with Gasteiger partial charge in [-0.3, -0.25) is 0 Å². The van der Waals surface area contributed by atoms with Gasteiger partial charge in [-0.25, -0.2) is 0 Å². The largest absolute Gasteiger partial charge is 0.316 e. The van der Waals surface area contributed by atoms with Crippen molar-refractivity contribution in [2.45, 2.75) is 34.1 Å². The first-order chi connectivity index (χ1) is 7.39. The highest BCUT2D eigenvalue weighted by atomic mass is 15.6. The Bertz CT molecular complexity index is 316. The van der Waals surface area contributed by atoms with Gasteiger partial charge in [-0.1, -0.05) is 27.7 Å². The Labute approximate surface area is 97.6 Å². The summed E-state index contributed by atoms with van der Waals surface area (Å²) in [6.45, 7) is 10.9. The van der Waals surface area contributed by atoms with E-state index in [2.05, 4.69) is 48.4 Å². The number of rotatable bonds is 6. The summed E-state index contributed by atoms with van der Waals surface area (Å²) in [5, 5.41) is 15.5. The number of hydrogen-bond donors (Lipinski definition) is 1. The summed E-state index contributed by atoms with van der Waals surface area (Å²) in [6, 6.07) is 0. The van der Waals surface area contributed by atoms with E-state index in [1.165, 1.54) is 4.80 Å². The summed E-state index contributed by atoms with van der Waals surface area (Å²) in [4.78, 5) is 1.51. The van der Waals surface area contributed by atoms with Gasteiger partial charge in [0.1, 0.15) is 0 Å². The van der Waals surface area contributed by atoms with Crippen LogP contribution in [0, 0.1) is 11.3 Å². The van der Waals surface area contributed by atoms with E-state index in [1.54, 1.807) is 7.05 Å². The lowest BCUT2D eigenvalue weighted by molar-refractivity contribution is 0.323. The topological polar surface area (TPSA) is 55.6 Å². The first-order valence-electron chi connectivity index (χ1n) is 5.83. The lowest BCUT2D eigenvalue weighted by atomic mass is 9.89. The average molecular weight is 225 g/mol. The molecule has 0 unspecified atom stereocenters. The molecule has 0 fully saturated rings. The molecule has 0 spiro atoms. The summed E-state index contributed by atoms with van der Waals surface area (Å²) in [7, 11) is 1.79. The molecular weight excluding hydrogens is 202 g/mol. The molecule has 0 bridgehead atoms. The molecule has 1 aromatic rings. The zero-order valence-electron chi connectivity index (χ0n) is 11.0. The molecular formula is C11H23N5. The normalized spacial score (nSPS) is 12.4. The monoisotopic (exact) mass is 225 g/mol. The second-order valence-corrected chi connectivity index (χ2v) is 5.56. The summed E-state index contributed by atoms with van der Waals surface area (Å²) < 4.78 is 0. The highest BCUT2D eigenvalue weighted by molar-refractivity contribution is 4.87. The van der Waals surface area contributed by atoms with Crippen LogP contribution in [0.3, 0.4) is 0 Å². The van der Waals surface area contributed by atoms with Crippen LogP contribution in [0.25, 0.3) is 0 Å². The van der Waals surface area contributed by atoms with E-state index in [4.69, 9.17) is 0 Å². The van der Waals surface area contributed by atoms with Crippen LogP contribution in [0.1, 0.15) is 33.5 Å². The van der Waals surface area contributed by atoms with Crippen molar-refractivity contribution in [2.24, 2.45) is 18.4 Å². The molecule has 1 rings (SSSR count). The van der Waals surface area contributed by atoms with Crippen molar-refractivity contribution < 1.29 is 0 Å². The Morgan fingerprint density at radius 2 is 2.06 bits per heavy atom. The maximum absolute atomic E-state index is 4.21. The van der Waals surface area contributed by atoms with Crippen LogP contribution in [0.5, 0.6) is 0 Å². The van der Waals surface area contributed by atoms with Gasteiger partial charge in [-0.2, -0.15) is 4.80 Å². The number of nitrogens with one attached hydrogen (secondary N) is 1.